The van der Waals surface area contributed by atoms with Crippen molar-refractivity contribution < 1.29 is 4.79 Å². The van der Waals surface area contributed by atoms with E-state index in [1.807, 2.05) is 6.92 Å². The molecule has 12 heteroatoms. The predicted octanol–water partition coefficient (Wildman–Crippen LogP) is 3.51. The Bertz CT molecular complexity index is 1330. The van der Waals surface area contributed by atoms with E-state index in [9.17, 15) is 4.79 Å². The van der Waals surface area contributed by atoms with E-state index in [0.717, 1.165) is 5.69 Å². The Morgan fingerprint density at radius 3 is 2.71 bits per heavy atom. The summed E-state index contributed by atoms with van der Waals surface area (Å²) in [6.45, 7) is 6.29. The lowest BCUT2D eigenvalue weighted by atomic mass is 9.89. The van der Waals surface area contributed by atoms with E-state index in [0.29, 0.717) is 39.6 Å². The van der Waals surface area contributed by atoms with Gasteiger partial charge in [-0.05, 0) is 13.0 Å². The summed E-state index contributed by atoms with van der Waals surface area (Å²) in [5.41, 5.74) is 1.87. The van der Waals surface area contributed by atoms with Gasteiger partial charge in [-0.2, -0.15) is 15.3 Å². The molecule has 5 rings (SSSR count). The molecule has 0 saturated carbocycles. The van der Waals surface area contributed by atoms with Crippen LogP contribution in [0.5, 0.6) is 0 Å². The third-order valence-corrected chi connectivity index (χ3v) is 5.59. The fourth-order valence-corrected chi connectivity index (χ4v) is 4.04. The number of nitrogens with one attached hydrogen (secondary N) is 1. The number of pyridine rings is 1. The fourth-order valence-electron chi connectivity index (χ4n) is 3.62. The Hall–Kier alpha value is -3.50. The lowest BCUT2D eigenvalue weighted by Crippen LogP contribution is -2.37. The van der Waals surface area contributed by atoms with Crippen molar-refractivity contribution >= 4 is 46.3 Å². The number of carbonyl (C=O) groups excluding carboxylic acids is 1. The molecule has 0 fully saturated rings. The number of fused-ring (bicyclic) bond motifs is 3. The molecule has 31 heavy (non-hydrogen) atoms. The van der Waals surface area contributed by atoms with Crippen LogP contribution >= 0.6 is 23.2 Å². The smallest absolute Gasteiger partial charge is 0.306 e. The number of halogens is 2. The van der Waals surface area contributed by atoms with Crippen molar-refractivity contribution in [3.63, 3.8) is 0 Å². The first-order valence-electron chi connectivity index (χ1n) is 9.19. The van der Waals surface area contributed by atoms with Crippen LogP contribution in [0.3, 0.4) is 0 Å². The van der Waals surface area contributed by atoms with Crippen molar-refractivity contribution in [3.05, 3.63) is 65.4 Å². The quantitative estimate of drug-likeness (QED) is 0.473. The molecular formula is C19H15Cl2N9O. The summed E-state index contributed by atoms with van der Waals surface area (Å²) in [6, 6.07) is 2.88. The third-order valence-electron chi connectivity index (χ3n) is 5.13. The minimum atomic E-state index is -0.547. The van der Waals surface area contributed by atoms with Crippen molar-refractivity contribution in [3.8, 4) is 5.82 Å². The van der Waals surface area contributed by atoms with Gasteiger partial charge in [0.1, 0.15) is 0 Å². The fraction of sp³-hybridized carbons (Fsp3) is 0.158. The molecule has 1 atom stereocenters. The summed E-state index contributed by atoms with van der Waals surface area (Å²) < 4.78 is 1.65. The highest BCUT2D eigenvalue weighted by atomic mass is 35.5. The van der Waals surface area contributed by atoms with Crippen LogP contribution in [-0.2, 0) is 5.41 Å². The molecule has 1 aliphatic heterocycles. The van der Waals surface area contributed by atoms with Crippen molar-refractivity contribution in [1.82, 2.24) is 34.6 Å². The van der Waals surface area contributed by atoms with Crippen LogP contribution in [0.2, 0.25) is 10.2 Å². The van der Waals surface area contributed by atoms with Gasteiger partial charge in [0, 0.05) is 18.0 Å². The molecule has 4 aromatic heterocycles. The molecule has 0 spiro atoms. The largest absolute Gasteiger partial charge is 0.326 e. The van der Waals surface area contributed by atoms with E-state index in [2.05, 4.69) is 37.2 Å². The van der Waals surface area contributed by atoms with Crippen molar-refractivity contribution in [2.45, 2.75) is 12.3 Å². The highest BCUT2D eigenvalue weighted by Gasteiger charge is 2.42. The Morgan fingerprint density at radius 1 is 1.23 bits per heavy atom. The molecule has 0 radical (unpaired) electrons. The molecule has 0 aromatic carbocycles. The minimum Gasteiger partial charge on any atom is -0.306 e. The van der Waals surface area contributed by atoms with E-state index < -0.39 is 5.41 Å². The van der Waals surface area contributed by atoms with Crippen molar-refractivity contribution in [1.29, 1.82) is 0 Å². The zero-order valence-corrected chi connectivity index (χ0v) is 17.7. The normalized spacial score (nSPS) is 17.7. The van der Waals surface area contributed by atoms with Crippen molar-refractivity contribution in [2.75, 3.05) is 16.8 Å². The Balaban J connectivity index is 1.48. The molecule has 0 unspecified atom stereocenters. The molecule has 156 valence electrons. The second-order valence-corrected chi connectivity index (χ2v) is 8.01. The van der Waals surface area contributed by atoms with Crippen molar-refractivity contribution in [2.24, 2.45) is 0 Å². The number of nitrogens with zero attached hydrogens (tertiary/aromatic N) is 8. The number of amides is 2. The lowest BCUT2D eigenvalue weighted by Gasteiger charge is -2.21. The van der Waals surface area contributed by atoms with Crippen LogP contribution in [0.25, 0.3) is 11.5 Å². The van der Waals surface area contributed by atoms with Gasteiger partial charge in [0.05, 0.1) is 46.9 Å². The highest BCUT2D eigenvalue weighted by Crippen LogP contribution is 2.41. The summed E-state index contributed by atoms with van der Waals surface area (Å²) in [4.78, 5) is 24.6. The maximum absolute atomic E-state index is 13.1. The zero-order valence-electron chi connectivity index (χ0n) is 16.2. The van der Waals surface area contributed by atoms with Gasteiger partial charge in [0.2, 0.25) is 0 Å². The Labute approximate surface area is 186 Å². The summed E-state index contributed by atoms with van der Waals surface area (Å²) >= 11 is 12.4. The topological polar surface area (TPSA) is 106 Å². The highest BCUT2D eigenvalue weighted by molar-refractivity contribution is 6.32. The second-order valence-electron chi connectivity index (χ2n) is 7.21. The summed E-state index contributed by atoms with van der Waals surface area (Å²) in [7, 11) is 0. The average molecular weight is 456 g/mol. The van der Waals surface area contributed by atoms with Gasteiger partial charge in [-0.25, -0.2) is 19.3 Å². The maximum atomic E-state index is 13.1. The van der Waals surface area contributed by atoms with E-state index in [4.69, 9.17) is 23.2 Å². The van der Waals surface area contributed by atoms with Gasteiger partial charge >= 0.3 is 6.03 Å². The van der Waals surface area contributed by atoms with Crippen LogP contribution in [0.4, 0.5) is 16.2 Å². The predicted molar refractivity (Wildman–Crippen MR) is 116 cm³/mol. The number of hydrogen-bond donors (Lipinski definition) is 1. The van der Waals surface area contributed by atoms with E-state index in [1.54, 1.807) is 33.8 Å². The summed E-state index contributed by atoms with van der Waals surface area (Å²) in [5, 5.41) is 15.8. The summed E-state index contributed by atoms with van der Waals surface area (Å²) in [6.07, 6.45) is 7.95. The molecule has 0 aliphatic carbocycles. The van der Waals surface area contributed by atoms with Gasteiger partial charge in [-0.1, -0.05) is 29.3 Å². The van der Waals surface area contributed by atoms with E-state index >= 15 is 0 Å². The van der Waals surface area contributed by atoms with Crippen LogP contribution in [-0.4, -0.2) is 47.2 Å². The molecule has 1 N–H and O–H groups in total. The van der Waals surface area contributed by atoms with E-state index in [1.165, 1.54) is 23.4 Å². The number of urea groups is 1. The minimum absolute atomic E-state index is 0.293. The number of aromatic nitrogens is 7. The molecule has 10 nitrogen and oxygen atoms in total. The number of carbonyl (C=O) groups is 1. The molecule has 4 aromatic rings. The number of hydrogen-bond acceptors (Lipinski definition) is 6. The Kier molecular flexibility index (Phi) is 4.42. The first-order valence-corrected chi connectivity index (χ1v) is 9.94. The first kappa shape index (κ1) is 19.5. The van der Waals surface area contributed by atoms with Crippen LogP contribution in [0.15, 0.2) is 49.6 Å². The molecule has 5 heterocycles. The second kappa shape index (κ2) is 7.03. The van der Waals surface area contributed by atoms with Gasteiger partial charge in [-0.15, -0.1) is 11.4 Å². The van der Waals surface area contributed by atoms with Gasteiger partial charge in [0.25, 0.3) is 0 Å². The standard InChI is InChI=1S/C19H15Cl2N9O/c1-3-19(2)10-28(13-9-22-15-7-14(21)27-29(15)16(13)19)18(31)26-11-6-12(20)17(23-8-11)30-24-4-5-25-30/h3-9H,1,10H2,2H3,(H,26,31)/t19-/m0/s1. The molecule has 2 amide bonds. The van der Waals surface area contributed by atoms with Crippen LogP contribution < -0.4 is 10.2 Å². The SMILES string of the molecule is C=C[C@@]1(C)CN(C(=O)Nc2cnc(-n3nccn3)c(Cl)c2)c2cnc3cc(Cl)nn3c21. The third kappa shape index (κ3) is 3.11. The van der Waals surface area contributed by atoms with Gasteiger partial charge in [-0.3, -0.25) is 4.90 Å². The monoisotopic (exact) mass is 455 g/mol. The summed E-state index contributed by atoms with van der Waals surface area (Å²) in [5.74, 6) is 0.359. The van der Waals surface area contributed by atoms with Gasteiger partial charge < -0.3 is 5.32 Å². The molecule has 1 aliphatic rings. The molecule has 0 bridgehead atoms. The lowest BCUT2D eigenvalue weighted by molar-refractivity contribution is 0.256. The number of rotatable bonds is 3. The van der Waals surface area contributed by atoms with E-state index in [-0.39, 0.29) is 6.03 Å². The van der Waals surface area contributed by atoms with Crippen LogP contribution in [0.1, 0.15) is 12.6 Å². The molecular weight excluding hydrogens is 441 g/mol. The average Bonchev–Trinajstić information content (AvgIpc) is 3.45. The zero-order chi connectivity index (χ0) is 21.8. The molecule has 0 saturated heterocycles. The van der Waals surface area contributed by atoms with Crippen LogP contribution in [0, 0.1) is 0 Å². The first-order chi connectivity index (χ1) is 14.9. The Morgan fingerprint density at radius 2 is 2.00 bits per heavy atom. The maximum Gasteiger partial charge on any atom is 0.326 e. The number of anilines is 2. The van der Waals surface area contributed by atoms with Gasteiger partial charge in [0.15, 0.2) is 16.6 Å².